The van der Waals surface area contributed by atoms with E-state index in [2.05, 4.69) is 12.1 Å². The second kappa shape index (κ2) is 5.03. The van der Waals surface area contributed by atoms with Crippen LogP contribution in [-0.4, -0.2) is 12.2 Å². The van der Waals surface area contributed by atoms with Gasteiger partial charge in [0.1, 0.15) is 11.9 Å². The monoisotopic (exact) mass is 270 g/mol. The minimum atomic E-state index is -0.627. The molecular weight excluding hydrogens is 256 g/mol. The molecule has 0 spiro atoms. The second-order valence-corrected chi connectivity index (χ2v) is 5.28. The van der Waals surface area contributed by atoms with Gasteiger partial charge in [0.15, 0.2) is 0 Å². The fourth-order valence-electron chi connectivity index (χ4n) is 2.22. The first kappa shape index (κ1) is 12.2. The van der Waals surface area contributed by atoms with Crippen LogP contribution in [0.1, 0.15) is 17.2 Å². The van der Waals surface area contributed by atoms with E-state index in [0.717, 1.165) is 21.6 Å². The minimum Gasteiger partial charge on any atom is -0.497 e. The van der Waals surface area contributed by atoms with Gasteiger partial charge in [0, 0.05) is 10.3 Å². The van der Waals surface area contributed by atoms with Crippen molar-refractivity contribution in [2.45, 2.75) is 6.10 Å². The van der Waals surface area contributed by atoms with Crippen LogP contribution in [-0.2, 0) is 0 Å². The summed E-state index contributed by atoms with van der Waals surface area (Å²) in [6.45, 7) is 0. The first-order valence-corrected chi connectivity index (χ1v) is 6.95. The van der Waals surface area contributed by atoms with Gasteiger partial charge < -0.3 is 9.84 Å². The Bertz CT molecular complexity index is 703. The summed E-state index contributed by atoms with van der Waals surface area (Å²) in [5.41, 5.74) is 1.79. The van der Waals surface area contributed by atoms with Crippen molar-refractivity contribution in [1.29, 1.82) is 0 Å². The van der Waals surface area contributed by atoms with Crippen molar-refractivity contribution in [3.05, 3.63) is 65.0 Å². The largest absolute Gasteiger partial charge is 0.497 e. The van der Waals surface area contributed by atoms with Crippen LogP contribution in [0.4, 0.5) is 0 Å². The number of fused-ring (bicyclic) bond motifs is 1. The van der Waals surface area contributed by atoms with Crippen molar-refractivity contribution in [2.75, 3.05) is 7.11 Å². The highest BCUT2D eigenvalue weighted by Crippen LogP contribution is 2.33. The Labute approximate surface area is 115 Å². The van der Waals surface area contributed by atoms with E-state index in [9.17, 15) is 5.11 Å². The highest BCUT2D eigenvalue weighted by atomic mass is 32.1. The van der Waals surface area contributed by atoms with E-state index in [1.54, 1.807) is 18.4 Å². The molecule has 0 aliphatic heterocycles. The number of ether oxygens (including phenoxy) is 1. The Morgan fingerprint density at radius 3 is 2.79 bits per heavy atom. The molecule has 0 saturated heterocycles. The fourth-order valence-corrected chi connectivity index (χ4v) is 3.16. The van der Waals surface area contributed by atoms with Gasteiger partial charge in [-0.1, -0.05) is 30.3 Å². The van der Waals surface area contributed by atoms with Crippen LogP contribution in [0.5, 0.6) is 5.75 Å². The Morgan fingerprint density at radius 1 is 1.11 bits per heavy atom. The highest BCUT2D eigenvalue weighted by Gasteiger charge is 2.14. The van der Waals surface area contributed by atoms with Crippen molar-refractivity contribution in [3.63, 3.8) is 0 Å². The van der Waals surface area contributed by atoms with Crippen LogP contribution < -0.4 is 4.74 Å². The molecule has 1 N–H and O–H groups in total. The van der Waals surface area contributed by atoms with Crippen molar-refractivity contribution >= 4 is 21.4 Å². The number of aliphatic hydroxyl groups is 1. The maximum Gasteiger partial charge on any atom is 0.119 e. The van der Waals surface area contributed by atoms with Crippen molar-refractivity contribution in [2.24, 2.45) is 0 Å². The summed E-state index contributed by atoms with van der Waals surface area (Å²) in [5, 5.41) is 13.8. The molecule has 1 unspecified atom stereocenters. The zero-order valence-corrected chi connectivity index (χ0v) is 11.4. The number of methoxy groups -OCH3 is 1. The van der Waals surface area contributed by atoms with E-state index < -0.39 is 6.10 Å². The first-order valence-electron chi connectivity index (χ1n) is 6.08. The summed E-state index contributed by atoms with van der Waals surface area (Å²) in [4.78, 5) is 0. The average molecular weight is 270 g/mol. The lowest BCUT2D eigenvalue weighted by atomic mass is 10.0. The topological polar surface area (TPSA) is 29.5 Å². The first-order chi connectivity index (χ1) is 9.29. The normalized spacial score (nSPS) is 12.5. The smallest absolute Gasteiger partial charge is 0.119 e. The molecule has 19 heavy (non-hydrogen) atoms. The number of rotatable bonds is 3. The molecule has 0 bridgehead atoms. The summed E-state index contributed by atoms with van der Waals surface area (Å²) in [6, 6.07) is 15.6. The molecule has 3 heteroatoms. The second-order valence-electron chi connectivity index (χ2n) is 4.37. The third kappa shape index (κ3) is 2.23. The molecule has 3 rings (SSSR count). The Balaban J connectivity index is 2.07. The third-order valence-corrected chi connectivity index (χ3v) is 4.19. The van der Waals surface area contributed by atoms with Gasteiger partial charge in [-0.15, -0.1) is 11.3 Å². The molecule has 96 valence electrons. The third-order valence-electron chi connectivity index (χ3n) is 3.21. The van der Waals surface area contributed by atoms with Gasteiger partial charge in [0.25, 0.3) is 0 Å². The molecule has 0 fully saturated rings. The van der Waals surface area contributed by atoms with E-state index in [0.29, 0.717) is 0 Å². The summed E-state index contributed by atoms with van der Waals surface area (Å²) in [5.74, 6) is 0.759. The zero-order chi connectivity index (χ0) is 13.2. The Morgan fingerprint density at radius 2 is 1.95 bits per heavy atom. The molecule has 0 amide bonds. The Hall–Kier alpha value is -1.84. The molecule has 1 aromatic heterocycles. The van der Waals surface area contributed by atoms with E-state index in [1.807, 2.05) is 41.8 Å². The zero-order valence-electron chi connectivity index (χ0n) is 10.5. The molecule has 1 heterocycles. The average Bonchev–Trinajstić information content (AvgIpc) is 2.95. The van der Waals surface area contributed by atoms with Gasteiger partial charge in [-0.3, -0.25) is 0 Å². The number of thiophene rings is 1. The maximum atomic E-state index is 10.6. The standard InChI is InChI=1S/C16H14O2S/c1-18-13-6-2-5-12(10-13)15(17)14-7-3-4-11-8-9-19-16(11)14/h2-10,15,17H,1H3. The van der Waals surface area contributed by atoms with Gasteiger partial charge in [0.2, 0.25) is 0 Å². The molecule has 2 nitrogen and oxygen atoms in total. The van der Waals surface area contributed by atoms with Crippen LogP contribution in [0.3, 0.4) is 0 Å². The number of hydrogen-bond donors (Lipinski definition) is 1. The number of aliphatic hydroxyl groups excluding tert-OH is 1. The predicted octanol–water partition coefficient (Wildman–Crippen LogP) is 3.99. The van der Waals surface area contributed by atoms with Crippen LogP contribution in [0, 0.1) is 0 Å². The van der Waals surface area contributed by atoms with Gasteiger partial charge in [-0.25, -0.2) is 0 Å². The summed E-state index contributed by atoms with van der Waals surface area (Å²) >= 11 is 1.66. The van der Waals surface area contributed by atoms with E-state index >= 15 is 0 Å². The van der Waals surface area contributed by atoms with Crippen molar-refractivity contribution in [1.82, 2.24) is 0 Å². The quantitative estimate of drug-likeness (QED) is 0.779. The molecule has 3 aromatic rings. The maximum absolute atomic E-state index is 10.6. The lowest BCUT2D eigenvalue weighted by molar-refractivity contribution is 0.221. The summed E-state index contributed by atoms with van der Waals surface area (Å²) in [6.07, 6.45) is -0.627. The fraction of sp³-hybridized carbons (Fsp3) is 0.125. The molecule has 1 atom stereocenters. The molecule has 0 saturated carbocycles. The van der Waals surface area contributed by atoms with Gasteiger partial charge in [0.05, 0.1) is 7.11 Å². The SMILES string of the molecule is COc1cccc(C(O)c2cccc3ccsc23)c1. The van der Waals surface area contributed by atoms with Gasteiger partial charge >= 0.3 is 0 Å². The summed E-state index contributed by atoms with van der Waals surface area (Å²) in [7, 11) is 1.63. The predicted molar refractivity (Wildman–Crippen MR) is 78.9 cm³/mol. The van der Waals surface area contributed by atoms with Crippen LogP contribution in [0.15, 0.2) is 53.9 Å². The molecule has 2 aromatic carbocycles. The minimum absolute atomic E-state index is 0.627. The number of benzene rings is 2. The van der Waals surface area contributed by atoms with Gasteiger partial charge in [-0.2, -0.15) is 0 Å². The molecule has 0 aliphatic carbocycles. The number of hydrogen-bond acceptors (Lipinski definition) is 3. The lowest BCUT2D eigenvalue weighted by Crippen LogP contribution is -2.00. The summed E-state index contributed by atoms with van der Waals surface area (Å²) < 4.78 is 6.34. The van der Waals surface area contributed by atoms with E-state index in [-0.39, 0.29) is 0 Å². The Kier molecular flexibility index (Phi) is 3.23. The molecular formula is C16H14O2S. The van der Waals surface area contributed by atoms with Crippen molar-refractivity contribution in [3.8, 4) is 5.75 Å². The van der Waals surface area contributed by atoms with Crippen LogP contribution >= 0.6 is 11.3 Å². The lowest BCUT2D eigenvalue weighted by Gasteiger charge is -2.13. The van der Waals surface area contributed by atoms with Gasteiger partial charge in [-0.05, 0) is 34.5 Å². The molecule has 0 radical (unpaired) electrons. The van der Waals surface area contributed by atoms with E-state index in [1.165, 1.54) is 5.39 Å². The van der Waals surface area contributed by atoms with Crippen LogP contribution in [0.2, 0.25) is 0 Å². The van der Waals surface area contributed by atoms with E-state index in [4.69, 9.17) is 4.74 Å². The molecule has 0 aliphatic rings. The van der Waals surface area contributed by atoms with Crippen LogP contribution in [0.25, 0.3) is 10.1 Å². The van der Waals surface area contributed by atoms with Crippen molar-refractivity contribution < 1.29 is 9.84 Å². The highest BCUT2D eigenvalue weighted by molar-refractivity contribution is 7.17.